The molecule has 1 N–H and O–H groups in total. The normalized spacial score (nSPS) is 16.4. The first-order valence-corrected chi connectivity index (χ1v) is 11.6. The SMILES string of the molecule is Cc1cc(C(=O)O)ccc1N(C(=O)OC(C)(C)C)C(=O)c1ccc2c(c1)C(C)(C)CCC2(C)C. The predicted octanol–water partition coefficient (Wildman–Crippen LogP) is 6.62. The maximum atomic E-state index is 13.8. The lowest BCUT2D eigenvalue weighted by Gasteiger charge is -2.42. The summed E-state index contributed by atoms with van der Waals surface area (Å²) in [6, 6.07) is 9.97. The first kappa shape index (κ1) is 25.5. The Morgan fingerprint density at radius 3 is 1.97 bits per heavy atom. The van der Waals surface area contributed by atoms with Crippen LogP contribution in [0.5, 0.6) is 0 Å². The van der Waals surface area contributed by atoms with Crippen LogP contribution >= 0.6 is 0 Å². The Kier molecular flexibility index (Phi) is 6.42. The molecule has 0 saturated carbocycles. The highest BCUT2D eigenvalue weighted by atomic mass is 16.6. The standard InChI is InChI=1S/C28H35NO5/c1-17-15-19(24(31)32)10-12-22(17)29(25(33)34-26(2,3)4)23(30)18-9-11-20-21(16-18)28(7,8)14-13-27(20,5)6/h9-12,15-16H,13-14H2,1-8H3,(H,31,32). The molecule has 1 aliphatic carbocycles. The van der Waals surface area contributed by atoms with Crippen molar-refractivity contribution in [1.29, 1.82) is 0 Å². The van der Waals surface area contributed by atoms with Crippen molar-refractivity contribution in [2.75, 3.05) is 4.90 Å². The van der Waals surface area contributed by atoms with Gasteiger partial charge >= 0.3 is 12.1 Å². The Labute approximate surface area is 201 Å². The molecule has 1 aliphatic rings. The molecule has 6 nitrogen and oxygen atoms in total. The molecule has 0 radical (unpaired) electrons. The first-order valence-electron chi connectivity index (χ1n) is 11.6. The van der Waals surface area contributed by atoms with E-state index < -0.39 is 23.6 Å². The number of imide groups is 1. The van der Waals surface area contributed by atoms with Gasteiger partial charge in [0, 0.05) is 5.56 Å². The number of fused-ring (bicyclic) bond motifs is 1. The highest BCUT2D eigenvalue weighted by Gasteiger charge is 2.38. The van der Waals surface area contributed by atoms with Gasteiger partial charge < -0.3 is 9.84 Å². The average molecular weight is 466 g/mol. The molecular weight excluding hydrogens is 430 g/mol. The molecule has 0 aliphatic heterocycles. The first-order chi connectivity index (χ1) is 15.5. The summed E-state index contributed by atoms with van der Waals surface area (Å²) in [6.07, 6.45) is 1.25. The molecule has 0 atom stereocenters. The Morgan fingerprint density at radius 1 is 0.882 bits per heavy atom. The fourth-order valence-electron chi connectivity index (χ4n) is 4.49. The van der Waals surface area contributed by atoms with Crippen molar-refractivity contribution < 1.29 is 24.2 Å². The van der Waals surface area contributed by atoms with Crippen LogP contribution in [-0.4, -0.2) is 28.7 Å². The maximum Gasteiger partial charge on any atom is 0.422 e. The van der Waals surface area contributed by atoms with Crippen LogP contribution in [0.3, 0.4) is 0 Å². The van der Waals surface area contributed by atoms with Crippen LogP contribution in [-0.2, 0) is 15.6 Å². The molecular formula is C28H35NO5. The summed E-state index contributed by atoms with van der Waals surface area (Å²) >= 11 is 0. The zero-order valence-electron chi connectivity index (χ0n) is 21.4. The van der Waals surface area contributed by atoms with E-state index in [4.69, 9.17) is 4.74 Å². The molecule has 0 saturated heterocycles. The smallest absolute Gasteiger partial charge is 0.422 e. The third-order valence-electron chi connectivity index (χ3n) is 6.56. The van der Waals surface area contributed by atoms with Crippen LogP contribution in [0.25, 0.3) is 0 Å². The molecule has 0 spiro atoms. The molecule has 2 aromatic rings. The fraction of sp³-hybridized carbons (Fsp3) is 0.464. The van der Waals surface area contributed by atoms with Gasteiger partial charge in [-0.2, -0.15) is 0 Å². The van der Waals surface area contributed by atoms with Gasteiger partial charge in [0.2, 0.25) is 0 Å². The number of aryl methyl sites for hydroxylation is 1. The van der Waals surface area contributed by atoms with Gasteiger partial charge in [0.05, 0.1) is 11.3 Å². The number of rotatable bonds is 3. The van der Waals surface area contributed by atoms with Gasteiger partial charge in [0.25, 0.3) is 5.91 Å². The van der Waals surface area contributed by atoms with Gasteiger partial charge in [-0.15, -0.1) is 0 Å². The van der Waals surface area contributed by atoms with Crippen LogP contribution < -0.4 is 4.90 Å². The topological polar surface area (TPSA) is 83.9 Å². The Morgan fingerprint density at radius 2 is 1.44 bits per heavy atom. The number of benzene rings is 2. The van der Waals surface area contributed by atoms with Crippen molar-refractivity contribution in [3.05, 3.63) is 64.2 Å². The van der Waals surface area contributed by atoms with E-state index in [-0.39, 0.29) is 16.4 Å². The van der Waals surface area contributed by atoms with Crippen LogP contribution in [0.15, 0.2) is 36.4 Å². The predicted molar refractivity (Wildman–Crippen MR) is 133 cm³/mol. The van der Waals surface area contributed by atoms with Crippen LogP contribution in [0.2, 0.25) is 0 Å². The maximum absolute atomic E-state index is 13.8. The Balaban J connectivity index is 2.13. The molecule has 182 valence electrons. The summed E-state index contributed by atoms with van der Waals surface area (Å²) in [6.45, 7) is 15.6. The van der Waals surface area contributed by atoms with Crippen molar-refractivity contribution in [2.24, 2.45) is 0 Å². The zero-order chi connectivity index (χ0) is 25.6. The highest BCUT2D eigenvalue weighted by Crippen LogP contribution is 2.46. The van der Waals surface area contributed by atoms with E-state index in [2.05, 4.69) is 27.7 Å². The quantitative estimate of drug-likeness (QED) is 0.550. The number of hydrogen-bond acceptors (Lipinski definition) is 4. The summed E-state index contributed by atoms with van der Waals surface area (Å²) < 4.78 is 5.57. The van der Waals surface area contributed by atoms with Gasteiger partial charge in [0.15, 0.2) is 0 Å². The number of carboxylic acid groups (broad SMARTS) is 1. The number of amides is 2. The minimum absolute atomic E-state index is 0.000530. The second-order valence-corrected chi connectivity index (χ2v) is 11.5. The van der Waals surface area contributed by atoms with Gasteiger partial charge in [-0.1, -0.05) is 33.8 Å². The molecule has 0 unspecified atom stereocenters. The molecule has 0 aromatic heterocycles. The molecule has 2 aromatic carbocycles. The second kappa shape index (κ2) is 8.57. The van der Waals surface area contributed by atoms with E-state index in [0.717, 1.165) is 23.3 Å². The number of nitrogens with zero attached hydrogens (tertiary/aromatic N) is 1. The minimum atomic E-state index is -1.08. The lowest BCUT2D eigenvalue weighted by Crippen LogP contribution is -2.42. The number of aromatic carboxylic acids is 1. The summed E-state index contributed by atoms with van der Waals surface area (Å²) in [5, 5.41) is 9.32. The van der Waals surface area contributed by atoms with E-state index >= 15 is 0 Å². The largest absolute Gasteiger partial charge is 0.478 e. The van der Waals surface area contributed by atoms with Crippen molar-refractivity contribution in [1.82, 2.24) is 0 Å². The average Bonchev–Trinajstić information content (AvgIpc) is 2.71. The van der Waals surface area contributed by atoms with E-state index in [0.29, 0.717) is 16.8 Å². The number of carbonyl (C=O) groups is 3. The highest BCUT2D eigenvalue weighted by molar-refractivity contribution is 6.19. The van der Waals surface area contributed by atoms with Crippen molar-refractivity contribution in [3.63, 3.8) is 0 Å². The van der Waals surface area contributed by atoms with E-state index in [1.807, 2.05) is 12.1 Å². The molecule has 0 heterocycles. The summed E-state index contributed by atoms with van der Waals surface area (Å²) in [5.41, 5.74) is 2.65. The number of hydrogen-bond donors (Lipinski definition) is 1. The van der Waals surface area contributed by atoms with Gasteiger partial charge in [-0.25, -0.2) is 14.5 Å². The molecule has 0 bridgehead atoms. The number of carboxylic acids is 1. The van der Waals surface area contributed by atoms with Gasteiger partial charge in [-0.3, -0.25) is 4.79 Å². The lowest BCUT2D eigenvalue weighted by molar-refractivity contribution is 0.0563. The molecule has 6 heteroatoms. The van der Waals surface area contributed by atoms with E-state index in [9.17, 15) is 19.5 Å². The van der Waals surface area contributed by atoms with Crippen LogP contribution in [0, 0.1) is 6.92 Å². The van der Waals surface area contributed by atoms with Gasteiger partial charge in [-0.05, 0) is 98.4 Å². The second-order valence-electron chi connectivity index (χ2n) is 11.5. The summed E-state index contributed by atoms with van der Waals surface area (Å²) in [4.78, 5) is 39.4. The summed E-state index contributed by atoms with van der Waals surface area (Å²) in [5.74, 6) is -1.59. The lowest BCUT2D eigenvalue weighted by atomic mass is 9.63. The van der Waals surface area contributed by atoms with E-state index in [1.165, 1.54) is 23.8 Å². The third-order valence-corrected chi connectivity index (χ3v) is 6.56. The minimum Gasteiger partial charge on any atom is -0.478 e. The fourth-order valence-corrected chi connectivity index (χ4v) is 4.49. The van der Waals surface area contributed by atoms with Gasteiger partial charge in [0.1, 0.15) is 5.60 Å². The molecule has 2 amide bonds. The third kappa shape index (κ3) is 5.01. The van der Waals surface area contributed by atoms with E-state index in [1.54, 1.807) is 33.8 Å². The Bertz CT molecular complexity index is 1150. The number of ether oxygens (including phenoxy) is 1. The molecule has 34 heavy (non-hydrogen) atoms. The number of anilines is 1. The van der Waals surface area contributed by atoms with Crippen LogP contribution in [0.4, 0.5) is 10.5 Å². The van der Waals surface area contributed by atoms with Crippen molar-refractivity contribution in [2.45, 2.75) is 84.7 Å². The molecule has 3 rings (SSSR count). The zero-order valence-corrected chi connectivity index (χ0v) is 21.4. The Hall–Kier alpha value is -3.15. The summed E-state index contributed by atoms with van der Waals surface area (Å²) in [7, 11) is 0. The van der Waals surface area contributed by atoms with Crippen molar-refractivity contribution in [3.8, 4) is 0 Å². The molecule has 0 fully saturated rings. The van der Waals surface area contributed by atoms with Crippen molar-refractivity contribution >= 4 is 23.7 Å². The number of carbonyl (C=O) groups excluding carboxylic acids is 2. The monoisotopic (exact) mass is 465 g/mol. The van der Waals surface area contributed by atoms with Crippen LogP contribution in [0.1, 0.15) is 98.7 Å².